The summed E-state index contributed by atoms with van der Waals surface area (Å²) in [6.45, 7) is 8.74. The van der Waals surface area contributed by atoms with Crippen LogP contribution >= 0.6 is 0 Å². The maximum absolute atomic E-state index is 12.5. The molecule has 0 spiro atoms. The number of amides is 1. The van der Waals surface area contributed by atoms with Gasteiger partial charge >= 0.3 is 5.97 Å². The van der Waals surface area contributed by atoms with Crippen LogP contribution in [0.4, 0.5) is 5.69 Å². The molecule has 0 fully saturated rings. The number of ketones is 1. The largest absolute Gasteiger partial charge is 0.451 e. The number of esters is 1. The number of benzene rings is 1. The number of aryl methyl sites for hydroxylation is 1. The molecule has 144 valence electrons. The normalized spacial score (nSPS) is 12.4. The molecular formula is C20H25N3O4. The number of Topliss-reactive ketones (excluding diaryl/α,β-unsaturated/α-hetero) is 1. The number of nitrogens with zero attached hydrogens (tertiary/aromatic N) is 2. The van der Waals surface area contributed by atoms with E-state index in [1.807, 2.05) is 20.8 Å². The Kier molecular flexibility index (Phi) is 5.83. The molecule has 2 aromatic rings. The van der Waals surface area contributed by atoms with Gasteiger partial charge in [0.2, 0.25) is 11.7 Å². The third kappa shape index (κ3) is 4.81. The summed E-state index contributed by atoms with van der Waals surface area (Å²) >= 11 is 0. The second-order valence-electron chi connectivity index (χ2n) is 7.46. The lowest BCUT2D eigenvalue weighted by Crippen LogP contribution is -2.27. The standard InChI is InChI=1S/C20H25N3O4/c1-12-16(11-21-23(12)6)18(25)27-13(2)17(24)14-7-9-15(10-8-14)22-19(26)20(3,4)5/h7-11,13H,1-6H3,(H,22,26)/t13-/m1/s1. The molecule has 0 unspecified atom stereocenters. The Balaban J connectivity index is 2.03. The Morgan fingerprint density at radius 3 is 2.22 bits per heavy atom. The van der Waals surface area contributed by atoms with Gasteiger partial charge in [0.05, 0.1) is 6.20 Å². The molecule has 7 nitrogen and oxygen atoms in total. The van der Waals surface area contributed by atoms with Crippen LogP contribution < -0.4 is 5.32 Å². The first kappa shape index (κ1) is 20.4. The van der Waals surface area contributed by atoms with E-state index < -0.39 is 17.5 Å². The fourth-order valence-corrected chi connectivity index (χ4v) is 2.25. The van der Waals surface area contributed by atoms with Crippen molar-refractivity contribution in [2.24, 2.45) is 12.5 Å². The molecule has 27 heavy (non-hydrogen) atoms. The molecule has 1 amide bonds. The summed E-state index contributed by atoms with van der Waals surface area (Å²) < 4.78 is 6.84. The predicted octanol–water partition coefficient (Wildman–Crippen LogP) is 3.14. The summed E-state index contributed by atoms with van der Waals surface area (Å²) in [5, 5.41) is 6.79. The fourth-order valence-electron chi connectivity index (χ4n) is 2.25. The first-order valence-electron chi connectivity index (χ1n) is 8.66. The summed E-state index contributed by atoms with van der Waals surface area (Å²) in [5.74, 6) is -1.02. The molecule has 7 heteroatoms. The van der Waals surface area contributed by atoms with Crippen LogP contribution in [-0.2, 0) is 16.6 Å². The zero-order chi connectivity index (χ0) is 20.4. The average Bonchev–Trinajstić information content (AvgIpc) is 2.93. The number of carbonyl (C=O) groups is 3. The van der Waals surface area contributed by atoms with Gasteiger partial charge in [-0.05, 0) is 38.1 Å². The third-order valence-corrected chi connectivity index (χ3v) is 4.22. The van der Waals surface area contributed by atoms with Crippen molar-refractivity contribution < 1.29 is 19.1 Å². The van der Waals surface area contributed by atoms with Crippen molar-refractivity contribution in [2.75, 3.05) is 5.32 Å². The zero-order valence-electron chi connectivity index (χ0n) is 16.5. The lowest BCUT2D eigenvalue weighted by molar-refractivity contribution is -0.123. The Labute approximate surface area is 158 Å². The molecule has 1 aromatic carbocycles. The molecule has 1 N–H and O–H groups in total. The summed E-state index contributed by atoms with van der Waals surface area (Å²) in [7, 11) is 1.72. The van der Waals surface area contributed by atoms with Gasteiger partial charge in [-0.2, -0.15) is 5.10 Å². The van der Waals surface area contributed by atoms with Gasteiger partial charge in [0.25, 0.3) is 0 Å². The lowest BCUT2D eigenvalue weighted by atomic mass is 9.95. The Morgan fingerprint density at radius 2 is 1.74 bits per heavy atom. The van der Waals surface area contributed by atoms with Gasteiger partial charge in [-0.15, -0.1) is 0 Å². The van der Waals surface area contributed by atoms with E-state index in [4.69, 9.17) is 4.74 Å². The number of hydrogen-bond donors (Lipinski definition) is 1. The Bertz CT molecular complexity index is 860. The third-order valence-electron chi connectivity index (χ3n) is 4.22. The maximum Gasteiger partial charge on any atom is 0.342 e. The van der Waals surface area contributed by atoms with E-state index in [0.717, 1.165) is 0 Å². The van der Waals surface area contributed by atoms with Crippen molar-refractivity contribution in [1.82, 2.24) is 9.78 Å². The molecule has 1 aromatic heterocycles. The minimum Gasteiger partial charge on any atom is -0.451 e. The summed E-state index contributed by atoms with van der Waals surface area (Å²) in [4.78, 5) is 36.7. The predicted molar refractivity (Wildman–Crippen MR) is 102 cm³/mol. The van der Waals surface area contributed by atoms with Gasteiger partial charge in [0, 0.05) is 29.4 Å². The van der Waals surface area contributed by atoms with Crippen LogP contribution in [0.2, 0.25) is 0 Å². The van der Waals surface area contributed by atoms with Crippen molar-refractivity contribution in [3.05, 3.63) is 47.3 Å². The molecule has 0 aliphatic heterocycles. The highest BCUT2D eigenvalue weighted by Gasteiger charge is 2.24. The molecule has 0 saturated carbocycles. The molecule has 1 heterocycles. The highest BCUT2D eigenvalue weighted by molar-refractivity contribution is 6.02. The zero-order valence-corrected chi connectivity index (χ0v) is 16.5. The Hall–Kier alpha value is -2.96. The fraction of sp³-hybridized carbons (Fsp3) is 0.400. The van der Waals surface area contributed by atoms with Crippen LogP contribution in [0.3, 0.4) is 0 Å². The van der Waals surface area contributed by atoms with Crippen molar-refractivity contribution in [2.45, 2.75) is 40.7 Å². The van der Waals surface area contributed by atoms with Crippen LogP contribution in [0.1, 0.15) is 54.1 Å². The highest BCUT2D eigenvalue weighted by Crippen LogP contribution is 2.19. The maximum atomic E-state index is 12.5. The molecule has 0 radical (unpaired) electrons. The molecule has 1 atom stereocenters. The van der Waals surface area contributed by atoms with Gasteiger partial charge in [0.1, 0.15) is 5.56 Å². The van der Waals surface area contributed by atoms with Gasteiger partial charge in [-0.1, -0.05) is 20.8 Å². The van der Waals surface area contributed by atoms with E-state index in [1.54, 1.807) is 42.9 Å². The molecular weight excluding hydrogens is 346 g/mol. The van der Waals surface area contributed by atoms with E-state index >= 15 is 0 Å². The summed E-state index contributed by atoms with van der Waals surface area (Å²) in [6, 6.07) is 6.49. The topological polar surface area (TPSA) is 90.3 Å². The second-order valence-corrected chi connectivity index (χ2v) is 7.46. The van der Waals surface area contributed by atoms with E-state index in [0.29, 0.717) is 22.5 Å². The minimum absolute atomic E-state index is 0.115. The molecule has 0 aliphatic rings. The van der Waals surface area contributed by atoms with Gasteiger partial charge in [-0.3, -0.25) is 14.3 Å². The Morgan fingerprint density at radius 1 is 1.15 bits per heavy atom. The van der Waals surface area contributed by atoms with E-state index in [2.05, 4.69) is 10.4 Å². The minimum atomic E-state index is -0.938. The summed E-state index contributed by atoms with van der Waals surface area (Å²) in [6.07, 6.45) is 0.480. The van der Waals surface area contributed by atoms with Crippen molar-refractivity contribution in [3.63, 3.8) is 0 Å². The smallest absolute Gasteiger partial charge is 0.342 e. The lowest BCUT2D eigenvalue weighted by Gasteiger charge is -2.18. The second kappa shape index (κ2) is 7.73. The van der Waals surface area contributed by atoms with Crippen LogP contribution in [-0.4, -0.2) is 33.5 Å². The molecule has 0 saturated heterocycles. The SMILES string of the molecule is Cc1c(C(=O)O[C@H](C)C(=O)c2ccc(NC(=O)C(C)(C)C)cc2)cnn1C. The van der Waals surface area contributed by atoms with E-state index in [9.17, 15) is 14.4 Å². The quantitative estimate of drug-likeness (QED) is 0.644. The van der Waals surface area contributed by atoms with Gasteiger partial charge in [-0.25, -0.2) is 4.79 Å². The number of ether oxygens (including phenoxy) is 1. The first-order chi connectivity index (χ1) is 12.5. The van der Waals surface area contributed by atoms with Crippen molar-refractivity contribution >= 4 is 23.3 Å². The van der Waals surface area contributed by atoms with Gasteiger partial charge in [0.15, 0.2) is 6.10 Å². The highest BCUT2D eigenvalue weighted by atomic mass is 16.5. The van der Waals surface area contributed by atoms with Crippen molar-refractivity contribution in [3.8, 4) is 0 Å². The molecule has 2 rings (SSSR count). The number of hydrogen-bond acceptors (Lipinski definition) is 5. The molecule has 0 aliphatic carbocycles. The van der Waals surface area contributed by atoms with Crippen LogP contribution in [0, 0.1) is 12.3 Å². The number of aromatic nitrogens is 2. The van der Waals surface area contributed by atoms with Crippen LogP contribution in [0.25, 0.3) is 0 Å². The number of carbonyl (C=O) groups excluding carboxylic acids is 3. The first-order valence-corrected chi connectivity index (χ1v) is 8.66. The van der Waals surface area contributed by atoms with Crippen LogP contribution in [0.15, 0.2) is 30.5 Å². The number of nitrogens with one attached hydrogen (secondary N) is 1. The summed E-state index contributed by atoms with van der Waals surface area (Å²) in [5.41, 5.74) is 1.48. The monoisotopic (exact) mass is 371 g/mol. The van der Waals surface area contributed by atoms with Gasteiger partial charge < -0.3 is 10.1 Å². The number of anilines is 1. The number of rotatable bonds is 5. The van der Waals surface area contributed by atoms with E-state index in [-0.39, 0.29) is 11.7 Å². The van der Waals surface area contributed by atoms with E-state index in [1.165, 1.54) is 13.1 Å². The van der Waals surface area contributed by atoms with Crippen molar-refractivity contribution in [1.29, 1.82) is 0 Å². The van der Waals surface area contributed by atoms with Crippen LogP contribution in [0.5, 0.6) is 0 Å². The molecule has 0 bridgehead atoms. The average molecular weight is 371 g/mol.